The number of pyridine rings is 1. The van der Waals surface area contributed by atoms with Crippen molar-refractivity contribution in [1.29, 1.82) is 0 Å². The van der Waals surface area contributed by atoms with Crippen LogP contribution in [0.1, 0.15) is 35.2 Å². The molecule has 1 aliphatic heterocycles. The van der Waals surface area contributed by atoms with Crippen molar-refractivity contribution >= 4 is 17.5 Å². The molecule has 2 aromatic heterocycles. The molecule has 0 bridgehead atoms. The fourth-order valence-corrected chi connectivity index (χ4v) is 3.56. The molecule has 154 valence electrons. The molecule has 1 aliphatic rings. The zero-order chi connectivity index (χ0) is 20.8. The smallest absolute Gasteiger partial charge is 0.261 e. The van der Waals surface area contributed by atoms with Crippen LogP contribution in [-0.2, 0) is 6.54 Å². The Balaban J connectivity index is 1.59. The number of ether oxygens (including phenoxy) is 1. The third-order valence-corrected chi connectivity index (χ3v) is 5.22. The Morgan fingerprint density at radius 3 is 2.40 bits per heavy atom. The molecule has 0 aliphatic carbocycles. The van der Waals surface area contributed by atoms with Crippen molar-refractivity contribution in [3.8, 4) is 5.75 Å². The van der Waals surface area contributed by atoms with E-state index in [1.165, 1.54) is 6.42 Å². The fraction of sp³-hybridized carbons (Fsp3) is 0.304. The lowest BCUT2D eigenvalue weighted by Crippen LogP contribution is -2.32. The van der Waals surface area contributed by atoms with Crippen LogP contribution in [0.25, 0.3) is 0 Å². The van der Waals surface area contributed by atoms with Crippen LogP contribution in [0.2, 0.25) is 0 Å². The number of rotatable bonds is 6. The molecule has 0 unspecified atom stereocenters. The third-order valence-electron chi connectivity index (χ3n) is 5.22. The molecule has 3 aromatic rings. The molecule has 7 heteroatoms. The molecule has 0 saturated carbocycles. The Labute approximate surface area is 176 Å². The monoisotopic (exact) mass is 403 g/mol. The summed E-state index contributed by atoms with van der Waals surface area (Å²) in [5.74, 6) is 1.27. The van der Waals surface area contributed by atoms with Gasteiger partial charge in [0.05, 0.1) is 19.2 Å². The number of aromatic nitrogens is 3. The summed E-state index contributed by atoms with van der Waals surface area (Å²) in [6.45, 7) is 2.32. The molecule has 1 saturated heterocycles. The van der Waals surface area contributed by atoms with Crippen LogP contribution in [0.4, 0.5) is 11.6 Å². The number of nitrogens with zero attached hydrogens (tertiary/aromatic N) is 5. The van der Waals surface area contributed by atoms with E-state index in [-0.39, 0.29) is 5.91 Å². The van der Waals surface area contributed by atoms with E-state index in [1.54, 1.807) is 36.8 Å². The number of carbonyl (C=O) groups is 1. The SMILES string of the molecule is COc1ccc(N(Cc2cccnc2)C(=O)c2cnc(N3CCCCC3)nc2)cc1. The predicted molar refractivity (Wildman–Crippen MR) is 116 cm³/mol. The van der Waals surface area contributed by atoms with Gasteiger partial charge in [-0.2, -0.15) is 0 Å². The van der Waals surface area contributed by atoms with Gasteiger partial charge in [-0.1, -0.05) is 6.07 Å². The van der Waals surface area contributed by atoms with Crippen LogP contribution >= 0.6 is 0 Å². The van der Waals surface area contributed by atoms with E-state index in [2.05, 4.69) is 19.9 Å². The van der Waals surface area contributed by atoms with Gasteiger partial charge in [-0.25, -0.2) is 9.97 Å². The maximum Gasteiger partial charge on any atom is 0.261 e. The van der Waals surface area contributed by atoms with Crippen LogP contribution in [0.5, 0.6) is 5.75 Å². The second-order valence-electron chi connectivity index (χ2n) is 7.27. The van der Waals surface area contributed by atoms with Crippen LogP contribution in [0.15, 0.2) is 61.2 Å². The van der Waals surface area contributed by atoms with Crippen LogP contribution < -0.4 is 14.5 Å². The number of hydrogen-bond donors (Lipinski definition) is 0. The minimum Gasteiger partial charge on any atom is -0.497 e. The van der Waals surface area contributed by atoms with Gasteiger partial charge in [0.2, 0.25) is 5.95 Å². The van der Waals surface area contributed by atoms with Crippen molar-refractivity contribution in [3.63, 3.8) is 0 Å². The van der Waals surface area contributed by atoms with Crippen molar-refractivity contribution in [2.24, 2.45) is 0 Å². The first-order valence-corrected chi connectivity index (χ1v) is 10.2. The zero-order valence-corrected chi connectivity index (χ0v) is 17.1. The minimum atomic E-state index is -0.158. The van der Waals surface area contributed by atoms with Gasteiger partial charge in [0.15, 0.2) is 0 Å². The van der Waals surface area contributed by atoms with Gasteiger partial charge < -0.3 is 14.5 Å². The largest absolute Gasteiger partial charge is 0.497 e. The lowest BCUT2D eigenvalue weighted by Gasteiger charge is -2.27. The van der Waals surface area contributed by atoms with Gasteiger partial charge in [-0.05, 0) is 55.2 Å². The van der Waals surface area contributed by atoms with Gasteiger partial charge in [-0.15, -0.1) is 0 Å². The van der Waals surface area contributed by atoms with E-state index in [0.717, 1.165) is 42.9 Å². The number of anilines is 2. The number of benzene rings is 1. The highest BCUT2D eigenvalue weighted by Crippen LogP contribution is 2.23. The van der Waals surface area contributed by atoms with Crippen LogP contribution in [0, 0.1) is 0 Å². The molecule has 0 N–H and O–H groups in total. The van der Waals surface area contributed by atoms with Gasteiger partial charge in [0, 0.05) is 43.6 Å². The zero-order valence-electron chi connectivity index (χ0n) is 17.1. The lowest BCUT2D eigenvalue weighted by molar-refractivity contribution is 0.0984. The molecule has 7 nitrogen and oxygen atoms in total. The Hall–Kier alpha value is -3.48. The summed E-state index contributed by atoms with van der Waals surface area (Å²) >= 11 is 0. The fourth-order valence-electron chi connectivity index (χ4n) is 3.56. The summed E-state index contributed by atoms with van der Waals surface area (Å²) in [6, 6.07) is 11.2. The van der Waals surface area contributed by atoms with Gasteiger partial charge in [0.1, 0.15) is 5.75 Å². The summed E-state index contributed by atoms with van der Waals surface area (Å²) < 4.78 is 5.25. The van der Waals surface area contributed by atoms with Crippen molar-refractivity contribution in [2.75, 3.05) is 30.0 Å². The van der Waals surface area contributed by atoms with E-state index in [4.69, 9.17) is 4.74 Å². The number of methoxy groups -OCH3 is 1. The van der Waals surface area contributed by atoms with Gasteiger partial charge >= 0.3 is 0 Å². The second kappa shape index (κ2) is 9.35. The van der Waals surface area contributed by atoms with Gasteiger partial charge in [-0.3, -0.25) is 9.78 Å². The number of piperidine rings is 1. The Bertz CT molecular complexity index is 955. The first-order chi connectivity index (χ1) is 14.7. The molecule has 1 amide bonds. The predicted octanol–water partition coefficient (Wildman–Crippen LogP) is 3.72. The normalized spacial score (nSPS) is 13.7. The molecule has 3 heterocycles. The van der Waals surface area contributed by atoms with E-state index >= 15 is 0 Å². The third kappa shape index (κ3) is 4.56. The first-order valence-electron chi connectivity index (χ1n) is 10.2. The maximum atomic E-state index is 13.4. The number of carbonyl (C=O) groups excluding carboxylic acids is 1. The quantitative estimate of drug-likeness (QED) is 0.625. The molecular formula is C23H25N5O2. The van der Waals surface area contributed by atoms with E-state index < -0.39 is 0 Å². The maximum absolute atomic E-state index is 13.4. The Morgan fingerprint density at radius 1 is 1.03 bits per heavy atom. The lowest BCUT2D eigenvalue weighted by atomic mass is 10.1. The molecular weight excluding hydrogens is 378 g/mol. The minimum absolute atomic E-state index is 0.158. The standard InChI is InChI=1S/C23H25N5O2/c1-30-21-9-7-20(8-10-21)28(17-18-6-5-11-24-14-18)22(29)19-15-25-23(26-16-19)27-12-3-2-4-13-27/h5-11,14-16H,2-4,12-13,17H2,1H3. The van der Waals surface area contributed by atoms with Gasteiger partial charge in [0.25, 0.3) is 5.91 Å². The van der Waals surface area contributed by atoms with Crippen molar-refractivity contribution < 1.29 is 9.53 Å². The van der Waals surface area contributed by atoms with E-state index in [9.17, 15) is 4.79 Å². The highest BCUT2D eigenvalue weighted by molar-refractivity contribution is 6.05. The summed E-state index contributed by atoms with van der Waals surface area (Å²) in [6.07, 6.45) is 10.3. The molecule has 1 aromatic carbocycles. The summed E-state index contributed by atoms with van der Waals surface area (Å²) in [4.78, 5) is 30.4. The highest BCUT2D eigenvalue weighted by atomic mass is 16.5. The van der Waals surface area contributed by atoms with E-state index in [1.807, 2.05) is 36.4 Å². The van der Waals surface area contributed by atoms with Crippen molar-refractivity contribution in [3.05, 3.63) is 72.3 Å². The van der Waals surface area contributed by atoms with Crippen LogP contribution in [0.3, 0.4) is 0 Å². The summed E-state index contributed by atoms with van der Waals surface area (Å²) in [5.41, 5.74) is 2.16. The van der Waals surface area contributed by atoms with Crippen LogP contribution in [-0.4, -0.2) is 41.1 Å². The average Bonchev–Trinajstić information content (AvgIpc) is 2.83. The highest BCUT2D eigenvalue weighted by Gasteiger charge is 2.20. The molecule has 0 spiro atoms. The Morgan fingerprint density at radius 2 is 1.77 bits per heavy atom. The average molecular weight is 403 g/mol. The topological polar surface area (TPSA) is 71.5 Å². The molecule has 4 rings (SSSR count). The molecule has 30 heavy (non-hydrogen) atoms. The molecule has 0 atom stereocenters. The summed E-state index contributed by atoms with van der Waals surface area (Å²) in [7, 11) is 1.62. The second-order valence-corrected chi connectivity index (χ2v) is 7.27. The summed E-state index contributed by atoms with van der Waals surface area (Å²) in [5, 5.41) is 0. The number of hydrogen-bond acceptors (Lipinski definition) is 6. The van der Waals surface area contributed by atoms with E-state index in [0.29, 0.717) is 18.1 Å². The van der Waals surface area contributed by atoms with Crippen molar-refractivity contribution in [1.82, 2.24) is 15.0 Å². The first kappa shape index (κ1) is 19.8. The molecule has 0 radical (unpaired) electrons. The number of amides is 1. The van der Waals surface area contributed by atoms with Crippen molar-refractivity contribution in [2.45, 2.75) is 25.8 Å². The Kier molecular flexibility index (Phi) is 6.17. The molecule has 1 fully saturated rings.